The third kappa shape index (κ3) is 8.84. The summed E-state index contributed by atoms with van der Waals surface area (Å²) in [4.78, 5) is 12.2. The molecule has 2 rings (SSSR count). The lowest BCUT2D eigenvalue weighted by atomic mass is 10.1. The van der Waals surface area contributed by atoms with Gasteiger partial charge >= 0.3 is 0 Å². The van der Waals surface area contributed by atoms with Crippen molar-refractivity contribution in [2.45, 2.75) is 64.7 Å². The predicted octanol–water partition coefficient (Wildman–Crippen LogP) is 6.50. The minimum atomic E-state index is -0.177. The van der Waals surface area contributed by atoms with Gasteiger partial charge in [-0.1, -0.05) is 85.6 Å². The highest BCUT2D eigenvalue weighted by Gasteiger charge is 2.10. The molecule has 1 aromatic carbocycles. The summed E-state index contributed by atoms with van der Waals surface area (Å²) >= 11 is 4.72. The van der Waals surface area contributed by atoms with E-state index in [1.54, 1.807) is 12.1 Å². The molecule has 148 valence electrons. The molecule has 0 aliphatic rings. The Balaban J connectivity index is 1.58. The summed E-state index contributed by atoms with van der Waals surface area (Å²) in [6.45, 7) is 3.15. The van der Waals surface area contributed by atoms with Crippen LogP contribution in [-0.4, -0.2) is 22.6 Å². The lowest BCUT2D eigenvalue weighted by Crippen LogP contribution is -2.11. The number of aromatic nitrogens is 2. The molecule has 2 N–H and O–H groups in total. The third-order valence-electron chi connectivity index (χ3n) is 4.31. The average molecular weight is 453 g/mol. The molecule has 0 aliphatic carbocycles. The summed E-state index contributed by atoms with van der Waals surface area (Å²) in [5.41, 5.74) is 0.595. The Morgan fingerprint density at radius 3 is 2.19 bits per heavy atom. The molecule has 2 aromatic rings. The first kappa shape index (κ1) is 21.8. The zero-order valence-corrected chi connectivity index (χ0v) is 18.4. The monoisotopic (exact) mass is 452 g/mol. The van der Waals surface area contributed by atoms with Gasteiger partial charge in [-0.3, -0.25) is 10.1 Å². The molecule has 1 aromatic heterocycles. The van der Waals surface area contributed by atoms with Crippen molar-refractivity contribution >= 4 is 43.4 Å². The average Bonchev–Trinajstić information content (AvgIpc) is 3.11. The van der Waals surface area contributed by atoms with E-state index in [9.17, 15) is 4.79 Å². The Hall–Kier alpha value is -1.47. The molecule has 0 aliphatic heterocycles. The Morgan fingerprint density at radius 1 is 0.926 bits per heavy atom. The predicted molar refractivity (Wildman–Crippen MR) is 118 cm³/mol. The molecular formula is C20H29BrN4OS. The van der Waals surface area contributed by atoms with Crippen LogP contribution in [0.3, 0.4) is 0 Å². The maximum Gasteiger partial charge on any atom is 0.257 e. The van der Waals surface area contributed by atoms with Crippen molar-refractivity contribution < 1.29 is 4.79 Å². The Morgan fingerprint density at radius 2 is 1.52 bits per heavy atom. The van der Waals surface area contributed by atoms with Gasteiger partial charge < -0.3 is 5.32 Å². The summed E-state index contributed by atoms with van der Waals surface area (Å²) in [5.74, 6) is -0.177. The van der Waals surface area contributed by atoms with Crippen LogP contribution in [0, 0.1) is 0 Å². The first-order valence-corrected chi connectivity index (χ1v) is 11.4. The molecule has 1 amide bonds. The Bertz CT molecular complexity index is 675. The van der Waals surface area contributed by atoms with Crippen molar-refractivity contribution in [1.82, 2.24) is 10.2 Å². The molecule has 0 fully saturated rings. The van der Waals surface area contributed by atoms with E-state index in [0.717, 1.165) is 22.6 Å². The number of carbonyl (C=O) groups excluding carboxylic acids is 1. The van der Waals surface area contributed by atoms with Crippen molar-refractivity contribution in [3.05, 3.63) is 34.3 Å². The van der Waals surface area contributed by atoms with E-state index in [4.69, 9.17) is 0 Å². The Kier molecular flexibility index (Phi) is 10.4. The lowest BCUT2D eigenvalue weighted by Gasteiger charge is -2.03. The molecule has 0 saturated carbocycles. The second-order valence-corrected chi connectivity index (χ2v) is 8.52. The van der Waals surface area contributed by atoms with Gasteiger partial charge in [0, 0.05) is 16.6 Å². The second kappa shape index (κ2) is 12.8. The van der Waals surface area contributed by atoms with Crippen molar-refractivity contribution in [1.29, 1.82) is 0 Å². The maximum atomic E-state index is 12.2. The summed E-state index contributed by atoms with van der Waals surface area (Å²) in [5, 5.41) is 15.5. The zero-order chi connectivity index (χ0) is 19.3. The number of nitrogens with zero attached hydrogens (tertiary/aromatic N) is 2. The van der Waals surface area contributed by atoms with Gasteiger partial charge in [0.1, 0.15) is 0 Å². The standard InChI is InChI=1S/C20H29BrN4OS/c1-2-3-4-5-6-7-8-9-10-15-22-19-24-25-20(27-19)23-18(26)16-11-13-17(21)14-12-16/h11-14H,2-10,15H2,1H3,(H,22,24)(H,23,25,26). The second-order valence-electron chi connectivity index (χ2n) is 6.63. The van der Waals surface area contributed by atoms with Gasteiger partial charge in [0.05, 0.1) is 0 Å². The summed E-state index contributed by atoms with van der Waals surface area (Å²) in [6.07, 6.45) is 11.8. The topological polar surface area (TPSA) is 66.9 Å². The third-order valence-corrected chi connectivity index (χ3v) is 5.63. The number of benzene rings is 1. The highest BCUT2D eigenvalue weighted by atomic mass is 79.9. The van der Waals surface area contributed by atoms with Crippen LogP contribution in [0.4, 0.5) is 10.3 Å². The van der Waals surface area contributed by atoms with E-state index in [0.29, 0.717) is 10.7 Å². The van der Waals surface area contributed by atoms with Crippen molar-refractivity contribution in [2.75, 3.05) is 17.2 Å². The van der Waals surface area contributed by atoms with Gasteiger partial charge in [-0.2, -0.15) is 0 Å². The van der Waals surface area contributed by atoms with Crippen LogP contribution < -0.4 is 10.6 Å². The van der Waals surface area contributed by atoms with Gasteiger partial charge in [-0.25, -0.2) is 0 Å². The highest BCUT2D eigenvalue weighted by Crippen LogP contribution is 2.21. The summed E-state index contributed by atoms with van der Waals surface area (Å²) in [7, 11) is 0. The van der Waals surface area contributed by atoms with Crippen LogP contribution in [-0.2, 0) is 0 Å². The number of amides is 1. The number of unbranched alkanes of at least 4 members (excludes halogenated alkanes) is 8. The van der Waals surface area contributed by atoms with Crippen LogP contribution in [0.5, 0.6) is 0 Å². The lowest BCUT2D eigenvalue weighted by molar-refractivity contribution is 0.102. The van der Waals surface area contributed by atoms with Gasteiger partial charge in [-0.15, -0.1) is 10.2 Å². The van der Waals surface area contributed by atoms with E-state index in [1.165, 1.54) is 62.7 Å². The van der Waals surface area contributed by atoms with Gasteiger partial charge in [0.15, 0.2) is 0 Å². The number of nitrogens with one attached hydrogen (secondary N) is 2. The van der Waals surface area contributed by atoms with Crippen molar-refractivity contribution in [3.8, 4) is 0 Å². The van der Waals surface area contributed by atoms with Crippen LogP contribution in [0.25, 0.3) is 0 Å². The number of halogens is 1. The summed E-state index contributed by atoms with van der Waals surface area (Å²) in [6, 6.07) is 7.22. The van der Waals surface area contributed by atoms with E-state index in [2.05, 4.69) is 43.7 Å². The minimum absolute atomic E-state index is 0.177. The molecule has 7 heteroatoms. The first-order valence-electron chi connectivity index (χ1n) is 9.83. The SMILES string of the molecule is CCCCCCCCCCCNc1nnc(NC(=O)c2ccc(Br)cc2)s1. The molecule has 0 atom stereocenters. The van der Waals surface area contributed by atoms with Crippen molar-refractivity contribution in [2.24, 2.45) is 0 Å². The number of hydrogen-bond acceptors (Lipinski definition) is 5. The fourth-order valence-corrected chi connectivity index (χ4v) is 3.68. The van der Waals surface area contributed by atoms with Crippen LogP contribution in [0.1, 0.15) is 75.1 Å². The molecule has 0 unspecified atom stereocenters. The van der Waals surface area contributed by atoms with Crippen molar-refractivity contribution in [3.63, 3.8) is 0 Å². The molecular weight excluding hydrogens is 424 g/mol. The quantitative estimate of drug-likeness (QED) is 0.340. The molecule has 0 spiro atoms. The fourth-order valence-electron chi connectivity index (χ4n) is 2.75. The van der Waals surface area contributed by atoms with E-state index >= 15 is 0 Å². The van der Waals surface area contributed by atoms with Gasteiger partial charge in [-0.05, 0) is 30.7 Å². The molecule has 0 radical (unpaired) electrons. The highest BCUT2D eigenvalue weighted by molar-refractivity contribution is 9.10. The molecule has 27 heavy (non-hydrogen) atoms. The van der Waals surface area contributed by atoms with E-state index in [-0.39, 0.29) is 5.91 Å². The molecule has 0 saturated heterocycles. The van der Waals surface area contributed by atoms with Crippen LogP contribution in [0.15, 0.2) is 28.7 Å². The summed E-state index contributed by atoms with van der Waals surface area (Å²) < 4.78 is 0.943. The van der Waals surface area contributed by atoms with E-state index < -0.39 is 0 Å². The first-order chi connectivity index (χ1) is 13.2. The maximum absolute atomic E-state index is 12.2. The van der Waals surface area contributed by atoms with Gasteiger partial charge in [0.2, 0.25) is 10.3 Å². The smallest absolute Gasteiger partial charge is 0.257 e. The fraction of sp³-hybridized carbons (Fsp3) is 0.550. The Labute approximate surface area is 174 Å². The van der Waals surface area contributed by atoms with Crippen LogP contribution >= 0.6 is 27.3 Å². The van der Waals surface area contributed by atoms with Gasteiger partial charge in [0.25, 0.3) is 5.91 Å². The minimum Gasteiger partial charge on any atom is -0.360 e. The van der Waals surface area contributed by atoms with Crippen LogP contribution in [0.2, 0.25) is 0 Å². The number of rotatable bonds is 13. The number of hydrogen-bond donors (Lipinski definition) is 2. The number of carbonyl (C=O) groups is 1. The normalized spacial score (nSPS) is 10.7. The molecule has 0 bridgehead atoms. The largest absolute Gasteiger partial charge is 0.360 e. The zero-order valence-electron chi connectivity index (χ0n) is 16.0. The van der Waals surface area contributed by atoms with E-state index in [1.807, 2.05) is 12.1 Å². The number of anilines is 2. The molecule has 5 nitrogen and oxygen atoms in total. The molecule has 1 heterocycles.